The Morgan fingerprint density at radius 2 is 1.68 bits per heavy atom. The molecule has 5 nitrogen and oxygen atoms in total. The number of aromatic nitrogens is 4. The second-order valence-corrected chi connectivity index (χ2v) is 5.26. The Balaban J connectivity index is 2.27. The number of aryl methyl sites for hydroxylation is 3. The summed E-state index contributed by atoms with van der Waals surface area (Å²) < 4.78 is 0. The summed E-state index contributed by atoms with van der Waals surface area (Å²) in [5.74, 6) is 0.269. The molecule has 3 heterocycles. The monoisotopic (exact) mass is 291 g/mol. The smallest absolute Gasteiger partial charge is 0.220 e. The molecule has 0 bridgehead atoms. The van der Waals surface area contributed by atoms with Gasteiger partial charge in [-0.2, -0.15) is 0 Å². The van der Waals surface area contributed by atoms with E-state index in [1.807, 2.05) is 51.2 Å². The van der Waals surface area contributed by atoms with Gasteiger partial charge in [-0.15, -0.1) is 0 Å². The number of hydrogen-bond donors (Lipinski definition) is 1. The summed E-state index contributed by atoms with van der Waals surface area (Å²) in [4.78, 5) is 17.4. The molecule has 0 aromatic carbocycles. The van der Waals surface area contributed by atoms with Crippen molar-refractivity contribution in [3.63, 3.8) is 0 Å². The van der Waals surface area contributed by atoms with Gasteiger partial charge in [0.2, 0.25) is 5.95 Å². The molecule has 3 rings (SSSR count). The van der Waals surface area contributed by atoms with Crippen LogP contribution in [-0.2, 0) is 0 Å². The van der Waals surface area contributed by atoms with E-state index in [1.165, 1.54) is 0 Å². The molecule has 0 saturated heterocycles. The topological polar surface area (TPSA) is 77.6 Å². The third-order valence-corrected chi connectivity index (χ3v) is 3.48. The van der Waals surface area contributed by atoms with Gasteiger partial charge in [0.1, 0.15) is 0 Å². The van der Waals surface area contributed by atoms with Gasteiger partial charge in [0.05, 0.1) is 11.4 Å². The molecule has 2 N–H and O–H groups in total. The second-order valence-electron chi connectivity index (χ2n) is 5.26. The zero-order valence-electron chi connectivity index (χ0n) is 12.8. The third-order valence-electron chi connectivity index (χ3n) is 3.48. The molecule has 3 aromatic rings. The highest BCUT2D eigenvalue weighted by molar-refractivity contribution is 5.82. The van der Waals surface area contributed by atoms with E-state index < -0.39 is 0 Å². The Kier molecular flexibility index (Phi) is 3.55. The van der Waals surface area contributed by atoms with Gasteiger partial charge in [-0.3, -0.25) is 9.97 Å². The number of nitrogens with zero attached hydrogens (tertiary/aromatic N) is 4. The van der Waals surface area contributed by atoms with E-state index in [9.17, 15) is 0 Å². The molecule has 0 atom stereocenters. The average molecular weight is 291 g/mol. The minimum Gasteiger partial charge on any atom is -0.368 e. The second kappa shape index (κ2) is 5.52. The molecule has 5 heteroatoms. The predicted octanol–water partition coefficient (Wildman–Crippen LogP) is 3.11. The van der Waals surface area contributed by atoms with Crippen LogP contribution in [0.3, 0.4) is 0 Å². The number of pyridine rings is 2. The van der Waals surface area contributed by atoms with E-state index in [2.05, 4.69) is 19.9 Å². The zero-order valence-corrected chi connectivity index (χ0v) is 12.8. The van der Waals surface area contributed by atoms with Crippen LogP contribution in [0.1, 0.15) is 17.1 Å². The lowest BCUT2D eigenvalue weighted by atomic mass is 9.99. The van der Waals surface area contributed by atoms with Gasteiger partial charge < -0.3 is 5.73 Å². The van der Waals surface area contributed by atoms with Gasteiger partial charge in [0.25, 0.3) is 0 Å². The molecule has 110 valence electrons. The minimum atomic E-state index is 0.269. The maximum atomic E-state index is 5.85. The van der Waals surface area contributed by atoms with E-state index >= 15 is 0 Å². The third kappa shape index (κ3) is 2.65. The quantitative estimate of drug-likeness (QED) is 0.785. The normalized spacial score (nSPS) is 10.7. The molecule has 0 unspecified atom stereocenters. The summed E-state index contributed by atoms with van der Waals surface area (Å²) in [5.41, 5.74) is 12.3. The lowest BCUT2D eigenvalue weighted by Gasteiger charge is -2.13. The SMILES string of the molecule is Cc1ccc(-c2c(C)nc(N)nc2-c2ccnc(C)c2)cn1. The fourth-order valence-corrected chi connectivity index (χ4v) is 2.46. The van der Waals surface area contributed by atoms with E-state index in [-0.39, 0.29) is 5.95 Å². The molecule has 0 radical (unpaired) electrons. The highest BCUT2D eigenvalue weighted by Gasteiger charge is 2.15. The Labute approximate surface area is 129 Å². The number of nitrogen functional groups attached to an aromatic ring is 1. The van der Waals surface area contributed by atoms with Crippen molar-refractivity contribution in [2.24, 2.45) is 0 Å². The summed E-state index contributed by atoms with van der Waals surface area (Å²) in [7, 11) is 0. The molecule has 22 heavy (non-hydrogen) atoms. The van der Waals surface area contributed by atoms with Crippen LogP contribution in [0.15, 0.2) is 36.7 Å². The van der Waals surface area contributed by atoms with E-state index in [0.29, 0.717) is 0 Å². The predicted molar refractivity (Wildman–Crippen MR) is 87.1 cm³/mol. The van der Waals surface area contributed by atoms with Crippen molar-refractivity contribution in [2.45, 2.75) is 20.8 Å². The first-order chi connectivity index (χ1) is 10.5. The zero-order chi connectivity index (χ0) is 15.7. The first-order valence-electron chi connectivity index (χ1n) is 7.05. The highest BCUT2D eigenvalue weighted by atomic mass is 15.0. The molecule has 0 amide bonds. The van der Waals surface area contributed by atoms with Crippen molar-refractivity contribution in [1.29, 1.82) is 0 Å². The minimum absolute atomic E-state index is 0.269. The lowest BCUT2D eigenvalue weighted by molar-refractivity contribution is 1.11. The summed E-state index contributed by atoms with van der Waals surface area (Å²) in [6.45, 7) is 5.85. The first-order valence-corrected chi connectivity index (χ1v) is 7.05. The molecule has 0 aliphatic carbocycles. The summed E-state index contributed by atoms with van der Waals surface area (Å²) in [6.07, 6.45) is 3.62. The number of rotatable bonds is 2. The lowest BCUT2D eigenvalue weighted by Crippen LogP contribution is -2.03. The van der Waals surface area contributed by atoms with Gasteiger partial charge in [0, 0.05) is 40.5 Å². The fourth-order valence-electron chi connectivity index (χ4n) is 2.46. The van der Waals surface area contributed by atoms with Crippen LogP contribution in [0.5, 0.6) is 0 Å². The summed E-state index contributed by atoms with van der Waals surface area (Å²) >= 11 is 0. The number of anilines is 1. The highest BCUT2D eigenvalue weighted by Crippen LogP contribution is 2.32. The molecule has 0 aliphatic rings. The van der Waals surface area contributed by atoms with Crippen LogP contribution in [0.4, 0.5) is 5.95 Å². The van der Waals surface area contributed by atoms with Crippen LogP contribution in [-0.4, -0.2) is 19.9 Å². The Morgan fingerprint density at radius 3 is 2.36 bits per heavy atom. The Morgan fingerprint density at radius 1 is 0.864 bits per heavy atom. The van der Waals surface area contributed by atoms with Gasteiger partial charge in [-0.05, 0) is 39.0 Å². The molecule has 0 aliphatic heterocycles. The number of nitrogens with two attached hydrogens (primary N) is 1. The Bertz CT molecular complexity index is 825. The molecule has 0 spiro atoms. The van der Waals surface area contributed by atoms with Crippen LogP contribution in [0.2, 0.25) is 0 Å². The van der Waals surface area contributed by atoms with Gasteiger partial charge >= 0.3 is 0 Å². The summed E-state index contributed by atoms with van der Waals surface area (Å²) in [5, 5.41) is 0. The average Bonchev–Trinajstić information content (AvgIpc) is 2.48. The van der Waals surface area contributed by atoms with E-state index in [4.69, 9.17) is 5.73 Å². The molecule has 3 aromatic heterocycles. The summed E-state index contributed by atoms with van der Waals surface area (Å²) in [6, 6.07) is 7.93. The number of hydrogen-bond acceptors (Lipinski definition) is 5. The van der Waals surface area contributed by atoms with Crippen molar-refractivity contribution in [3.05, 3.63) is 53.7 Å². The van der Waals surface area contributed by atoms with Crippen LogP contribution in [0.25, 0.3) is 22.4 Å². The molecular weight excluding hydrogens is 274 g/mol. The van der Waals surface area contributed by atoms with Gasteiger partial charge in [-0.25, -0.2) is 9.97 Å². The van der Waals surface area contributed by atoms with Crippen LogP contribution < -0.4 is 5.73 Å². The fraction of sp³-hybridized carbons (Fsp3) is 0.176. The molecule has 0 fully saturated rings. The first kappa shape index (κ1) is 14.1. The van der Waals surface area contributed by atoms with Gasteiger partial charge in [-0.1, -0.05) is 6.07 Å². The molecule has 0 saturated carbocycles. The Hall–Kier alpha value is -2.82. The van der Waals surface area contributed by atoms with Crippen molar-refractivity contribution >= 4 is 5.95 Å². The van der Waals surface area contributed by atoms with Crippen molar-refractivity contribution < 1.29 is 0 Å². The maximum absolute atomic E-state index is 5.85. The standard InChI is InChI=1S/C17H17N5/c1-10-4-5-14(9-20-10)15-12(3)21-17(18)22-16(15)13-6-7-19-11(2)8-13/h4-9H,1-3H3,(H2,18,21,22). The van der Waals surface area contributed by atoms with Crippen molar-refractivity contribution in [1.82, 2.24) is 19.9 Å². The van der Waals surface area contributed by atoms with Crippen LogP contribution >= 0.6 is 0 Å². The largest absolute Gasteiger partial charge is 0.368 e. The maximum Gasteiger partial charge on any atom is 0.220 e. The molecular formula is C17H17N5. The van der Waals surface area contributed by atoms with E-state index in [1.54, 1.807) is 6.20 Å². The van der Waals surface area contributed by atoms with E-state index in [0.717, 1.165) is 39.5 Å². The van der Waals surface area contributed by atoms with Crippen molar-refractivity contribution in [2.75, 3.05) is 5.73 Å². The van der Waals surface area contributed by atoms with Crippen LogP contribution in [0, 0.1) is 20.8 Å². The van der Waals surface area contributed by atoms with Crippen molar-refractivity contribution in [3.8, 4) is 22.4 Å². The van der Waals surface area contributed by atoms with Gasteiger partial charge in [0.15, 0.2) is 0 Å².